The van der Waals surface area contributed by atoms with Gasteiger partial charge in [-0.05, 0) is 59.3 Å². The number of benzene rings is 2. The fourth-order valence-corrected chi connectivity index (χ4v) is 2.98. The summed E-state index contributed by atoms with van der Waals surface area (Å²) in [5.41, 5.74) is 3.54. The minimum absolute atomic E-state index is 0.232. The molecule has 1 aromatic heterocycles. The van der Waals surface area contributed by atoms with E-state index in [2.05, 4.69) is 38.2 Å². The summed E-state index contributed by atoms with van der Waals surface area (Å²) in [5, 5.41) is 11.1. The van der Waals surface area contributed by atoms with Crippen LogP contribution in [-0.4, -0.2) is 28.0 Å². The normalized spacial score (nSPS) is 10.7. The van der Waals surface area contributed by atoms with Gasteiger partial charge in [-0.1, -0.05) is 29.5 Å². The molecule has 0 aliphatic carbocycles. The van der Waals surface area contributed by atoms with Gasteiger partial charge in [0.25, 0.3) is 5.91 Å². The molecule has 0 atom stereocenters. The maximum Gasteiger partial charge on any atom is 0.278 e. The number of nitrogens with zero attached hydrogens (tertiary/aromatic N) is 3. The van der Waals surface area contributed by atoms with Crippen molar-refractivity contribution >= 4 is 34.2 Å². The average molecular weight is 448 g/mol. The van der Waals surface area contributed by atoms with Crippen molar-refractivity contribution in [1.82, 2.24) is 15.0 Å². The Bertz CT molecular complexity index is 908. The molecular weight excluding hydrogens is 431 g/mol. The van der Waals surface area contributed by atoms with Crippen molar-refractivity contribution in [2.45, 2.75) is 13.5 Å². The number of aryl methyl sites for hydroxylation is 1. The molecule has 0 bridgehead atoms. The number of aromatic nitrogens is 3. The quantitative estimate of drug-likeness (QED) is 0.606. The smallest absolute Gasteiger partial charge is 0.278 e. The van der Waals surface area contributed by atoms with Gasteiger partial charge in [0.05, 0.1) is 18.0 Å². The van der Waals surface area contributed by atoms with Gasteiger partial charge in [0.2, 0.25) is 0 Å². The van der Waals surface area contributed by atoms with Gasteiger partial charge >= 0.3 is 0 Å². The number of rotatable bonds is 5. The van der Waals surface area contributed by atoms with Crippen LogP contribution in [0.1, 0.15) is 21.7 Å². The Morgan fingerprint density at radius 3 is 2.76 bits per heavy atom. The molecule has 128 valence electrons. The van der Waals surface area contributed by atoms with E-state index in [1.807, 2.05) is 55.5 Å². The molecule has 0 aliphatic rings. The van der Waals surface area contributed by atoms with Crippen LogP contribution in [0.15, 0.2) is 48.5 Å². The summed E-state index contributed by atoms with van der Waals surface area (Å²) in [5.74, 6) is -0.310. The fraction of sp³-hybridized carbons (Fsp3) is 0.167. The summed E-state index contributed by atoms with van der Waals surface area (Å²) < 4.78 is 7.85. The van der Waals surface area contributed by atoms with Crippen molar-refractivity contribution in [2.75, 3.05) is 12.4 Å². The molecule has 25 heavy (non-hydrogen) atoms. The SMILES string of the molecule is COCc1c(C(=O)Nc2ccccc2I)nnn1-c1cccc(C)c1. The molecule has 0 unspecified atom stereocenters. The van der Waals surface area contributed by atoms with E-state index in [0.29, 0.717) is 5.69 Å². The Morgan fingerprint density at radius 2 is 2.04 bits per heavy atom. The third-order valence-corrected chi connectivity index (χ3v) is 4.57. The minimum atomic E-state index is -0.310. The summed E-state index contributed by atoms with van der Waals surface area (Å²) in [6, 6.07) is 15.4. The molecule has 3 aromatic rings. The average Bonchev–Trinajstić information content (AvgIpc) is 3.01. The Labute approximate surface area is 159 Å². The molecule has 0 aliphatic heterocycles. The highest BCUT2D eigenvalue weighted by Crippen LogP contribution is 2.20. The lowest BCUT2D eigenvalue weighted by molar-refractivity contribution is 0.101. The van der Waals surface area contributed by atoms with E-state index in [1.54, 1.807) is 11.8 Å². The monoisotopic (exact) mass is 448 g/mol. The number of carbonyl (C=O) groups is 1. The summed E-state index contributed by atoms with van der Waals surface area (Å²) in [6.45, 7) is 2.23. The van der Waals surface area contributed by atoms with Crippen LogP contribution >= 0.6 is 22.6 Å². The van der Waals surface area contributed by atoms with Gasteiger partial charge in [-0.25, -0.2) is 4.68 Å². The number of amides is 1. The van der Waals surface area contributed by atoms with Gasteiger partial charge in [-0.3, -0.25) is 4.79 Å². The minimum Gasteiger partial charge on any atom is -0.378 e. The number of halogens is 1. The lowest BCUT2D eigenvalue weighted by atomic mass is 10.2. The van der Waals surface area contributed by atoms with Crippen LogP contribution in [0.25, 0.3) is 5.69 Å². The first kappa shape index (κ1) is 17.6. The predicted octanol–water partition coefficient (Wildman–Crippen LogP) is 3.58. The number of ether oxygens (including phenoxy) is 1. The van der Waals surface area contributed by atoms with Gasteiger partial charge in [0.15, 0.2) is 5.69 Å². The Kier molecular flexibility index (Phi) is 5.44. The van der Waals surface area contributed by atoms with Crippen LogP contribution in [0.3, 0.4) is 0 Å². The molecular formula is C18H17IN4O2. The van der Waals surface area contributed by atoms with E-state index in [9.17, 15) is 4.79 Å². The second-order valence-electron chi connectivity index (χ2n) is 5.50. The van der Waals surface area contributed by atoms with Crippen LogP contribution in [0.5, 0.6) is 0 Å². The third-order valence-electron chi connectivity index (χ3n) is 3.63. The van der Waals surface area contributed by atoms with Crippen molar-refractivity contribution in [3.63, 3.8) is 0 Å². The molecule has 0 saturated heterocycles. The molecule has 0 fully saturated rings. The first-order chi connectivity index (χ1) is 12.1. The zero-order chi connectivity index (χ0) is 17.8. The Morgan fingerprint density at radius 1 is 1.24 bits per heavy atom. The Balaban J connectivity index is 1.96. The Hall–Kier alpha value is -2.26. The van der Waals surface area contributed by atoms with Crippen molar-refractivity contribution in [3.05, 3.63) is 69.1 Å². The van der Waals surface area contributed by atoms with Crippen molar-refractivity contribution in [2.24, 2.45) is 0 Å². The van der Waals surface area contributed by atoms with Gasteiger partial charge in [-0.15, -0.1) is 5.10 Å². The number of nitrogens with one attached hydrogen (secondary N) is 1. The number of hydrogen-bond donors (Lipinski definition) is 1. The van der Waals surface area contributed by atoms with E-state index in [-0.39, 0.29) is 18.2 Å². The molecule has 3 rings (SSSR count). The molecule has 1 N–H and O–H groups in total. The van der Waals surface area contributed by atoms with Crippen molar-refractivity contribution in [1.29, 1.82) is 0 Å². The molecule has 1 heterocycles. The van der Waals surface area contributed by atoms with E-state index in [0.717, 1.165) is 20.5 Å². The predicted molar refractivity (Wildman–Crippen MR) is 104 cm³/mol. The van der Waals surface area contributed by atoms with E-state index >= 15 is 0 Å². The van der Waals surface area contributed by atoms with Gasteiger partial charge in [0.1, 0.15) is 5.69 Å². The van der Waals surface area contributed by atoms with Crippen LogP contribution < -0.4 is 5.32 Å². The standard InChI is InChI=1S/C18H17IN4O2/c1-12-6-5-7-13(10-12)23-16(11-25-2)17(21-22-23)18(24)20-15-9-4-3-8-14(15)19/h3-10H,11H2,1-2H3,(H,20,24). The zero-order valence-electron chi connectivity index (χ0n) is 13.9. The van der Waals surface area contributed by atoms with Gasteiger partial charge < -0.3 is 10.1 Å². The van der Waals surface area contributed by atoms with E-state index in [1.165, 1.54) is 0 Å². The molecule has 0 saturated carbocycles. The molecule has 6 nitrogen and oxygen atoms in total. The van der Waals surface area contributed by atoms with E-state index in [4.69, 9.17) is 4.74 Å². The van der Waals surface area contributed by atoms with Crippen LogP contribution in [0, 0.1) is 10.5 Å². The van der Waals surface area contributed by atoms with E-state index < -0.39 is 0 Å². The second kappa shape index (κ2) is 7.75. The number of hydrogen-bond acceptors (Lipinski definition) is 4. The van der Waals surface area contributed by atoms with Gasteiger partial charge in [0, 0.05) is 10.7 Å². The summed E-state index contributed by atoms with van der Waals surface area (Å²) in [7, 11) is 1.58. The maximum atomic E-state index is 12.7. The van der Waals surface area contributed by atoms with Crippen LogP contribution in [0.2, 0.25) is 0 Å². The number of methoxy groups -OCH3 is 1. The van der Waals surface area contributed by atoms with Crippen LogP contribution in [-0.2, 0) is 11.3 Å². The lowest BCUT2D eigenvalue weighted by Crippen LogP contribution is -2.16. The molecule has 0 spiro atoms. The first-order valence-corrected chi connectivity index (χ1v) is 8.74. The highest BCUT2D eigenvalue weighted by molar-refractivity contribution is 14.1. The number of para-hydroxylation sites is 1. The molecule has 7 heteroatoms. The highest BCUT2D eigenvalue weighted by Gasteiger charge is 2.21. The zero-order valence-corrected chi connectivity index (χ0v) is 16.0. The molecule has 0 radical (unpaired) electrons. The van der Waals surface area contributed by atoms with Crippen molar-refractivity contribution in [3.8, 4) is 5.69 Å². The maximum absolute atomic E-state index is 12.7. The topological polar surface area (TPSA) is 69.0 Å². The first-order valence-electron chi connectivity index (χ1n) is 7.66. The fourth-order valence-electron chi connectivity index (χ4n) is 2.46. The lowest BCUT2D eigenvalue weighted by Gasteiger charge is -2.09. The third kappa shape index (κ3) is 3.88. The molecule has 2 aromatic carbocycles. The largest absolute Gasteiger partial charge is 0.378 e. The number of carbonyl (C=O) groups excluding carboxylic acids is 1. The van der Waals surface area contributed by atoms with Crippen molar-refractivity contribution < 1.29 is 9.53 Å². The summed E-state index contributed by atoms with van der Waals surface area (Å²) >= 11 is 2.18. The second-order valence-corrected chi connectivity index (χ2v) is 6.66. The van der Waals surface area contributed by atoms with Crippen LogP contribution in [0.4, 0.5) is 5.69 Å². The number of anilines is 1. The highest BCUT2D eigenvalue weighted by atomic mass is 127. The summed E-state index contributed by atoms with van der Waals surface area (Å²) in [6.07, 6.45) is 0. The summed E-state index contributed by atoms with van der Waals surface area (Å²) in [4.78, 5) is 12.7. The van der Waals surface area contributed by atoms with Gasteiger partial charge in [-0.2, -0.15) is 0 Å². The molecule has 1 amide bonds.